The summed E-state index contributed by atoms with van der Waals surface area (Å²) in [5.41, 5.74) is 2.62. The minimum absolute atomic E-state index is 0.0654. The van der Waals surface area contributed by atoms with Crippen molar-refractivity contribution in [3.05, 3.63) is 53.1 Å². The fourth-order valence-electron chi connectivity index (χ4n) is 2.17. The van der Waals surface area contributed by atoms with Crippen LogP contribution in [0.4, 0.5) is 11.4 Å². The van der Waals surface area contributed by atoms with E-state index in [1.54, 1.807) is 0 Å². The molecule has 2 N–H and O–H groups in total. The number of para-hydroxylation sites is 2. The predicted molar refractivity (Wildman–Crippen MR) is 95.5 cm³/mol. The molecule has 0 aromatic heterocycles. The summed E-state index contributed by atoms with van der Waals surface area (Å²) in [4.78, 5) is 12.1. The zero-order chi connectivity index (χ0) is 16.7. The number of benzene rings is 2. The summed E-state index contributed by atoms with van der Waals surface area (Å²) in [5, 5.41) is 6.82. The average molecular weight is 333 g/mol. The molecular weight excluding hydrogens is 312 g/mol. The summed E-state index contributed by atoms with van der Waals surface area (Å²) in [5.74, 6) is 0.617. The van der Waals surface area contributed by atoms with E-state index in [0.29, 0.717) is 36.0 Å². The van der Waals surface area contributed by atoms with Crippen molar-refractivity contribution >= 4 is 28.9 Å². The van der Waals surface area contributed by atoms with Gasteiger partial charge in [-0.2, -0.15) is 0 Å². The number of carbonyl (C=O) groups is 1. The van der Waals surface area contributed by atoms with E-state index in [1.165, 1.54) is 0 Å². The lowest BCUT2D eigenvalue weighted by Gasteiger charge is -2.12. The Morgan fingerprint density at radius 3 is 2.65 bits per heavy atom. The van der Waals surface area contributed by atoms with Gasteiger partial charge in [0, 0.05) is 23.7 Å². The summed E-state index contributed by atoms with van der Waals surface area (Å²) in [6.45, 7) is 4.95. The summed E-state index contributed by atoms with van der Waals surface area (Å²) in [7, 11) is 0. The first-order valence-corrected chi connectivity index (χ1v) is 8.00. The van der Waals surface area contributed by atoms with Gasteiger partial charge in [-0.3, -0.25) is 4.79 Å². The summed E-state index contributed by atoms with van der Waals surface area (Å²) in [6, 6.07) is 13.1. The van der Waals surface area contributed by atoms with Crippen LogP contribution in [-0.4, -0.2) is 19.1 Å². The van der Waals surface area contributed by atoms with E-state index in [1.807, 2.05) is 56.3 Å². The molecule has 2 rings (SSSR count). The lowest BCUT2D eigenvalue weighted by Crippen LogP contribution is -2.17. The van der Waals surface area contributed by atoms with Crippen molar-refractivity contribution in [3.63, 3.8) is 0 Å². The van der Waals surface area contributed by atoms with Crippen LogP contribution in [-0.2, 0) is 4.79 Å². The van der Waals surface area contributed by atoms with Crippen molar-refractivity contribution in [1.29, 1.82) is 0 Å². The third-order valence-corrected chi connectivity index (χ3v) is 3.81. The number of carbonyl (C=O) groups excluding carboxylic acids is 1. The SMILES string of the molecule is CCOc1ccccc1NC(=O)CCNc1cccc(Cl)c1C. The van der Waals surface area contributed by atoms with Gasteiger partial charge < -0.3 is 15.4 Å². The molecule has 5 heteroatoms. The molecule has 0 unspecified atom stereocenters. The van der Waals surface area contributed by atoms with E-state index in [-0.39, 0.29) is 5.91 Å². The number of hydrogen-bond donors (Lipinski definition) is 2. The van der Waals surface area contributed by atoms with E-state index in [0.717, 1.165) is 11.3 Å². The molecule has 0 saturated carbocycles. The van der Waals surface area contributed by atoms with Gasteiger partial charge in [0.05, 0.1) is 12.3 Å². The summed E-state index contributed by atoms with van der Waals surface area (Å²) >= 11 is 6.08. The zero-order valence-electron chi connectivity index (χ0n) is 13.4. The van der Waals surface area contributed by atoms with Gasteiger partial charge in [-0.05, 0) is 43.7 Å². The maximum Gasteiger partial charge on any atom is 0.226 e. The molecule has 0 radical (unpaired) electrons. The normalized spacial score (nSPS) is 10.2. The molecule has 2 aromatic carbocycles. The van der Waals surface area contributed by atoms with Crippen molar-refractivity contribution in [2.24, 2.45) is 0 Å². The van der Waals surface area contributed by atoms with Crippen LogP contribution in [0.1, 0.15) is 18.9 Å². The molecule has 4 nitrogen and oxygen atoms in total. The minimum atomic E-state index is -0.0654. The smallest absolute Gasteiger partial charge is 0.226 e. The molecule has 0 spiro atoms. The largest absolute Gasteiger partial charge is 0.492 e. The first-order valence-electron chi connectivity index (χ1n) is 7.62. The van der Waals surface area contributed by atoms with Crippen LogP contribution in [0.15, 0.2) is 42.5 Å². The standard InChI is InChI=1S/C18H21ClN2O2/c1-3-23-17-10-5-4-8-16(17)21-18(22)11-12-20-15-9-6-7-14(19)13(15)2/h4-10,20H,3,11-12H2,1-2H3,(H,21,22). The fraction of sp³-hybridized carbons (Fsp3) is 0.278. The third-order valence-electron chi connectivity index (χ3n) is 3.40. The molecule has 0 aliphatic carbocycles. The quantitative estimate of drug-likeness (QED) is 0.785. The van der Waals surface area contributed by atoms with Gasteiger partial charge in [0.25, 0.3) is 0 Å². The molecule has 0 aliphatic heterocycles. The highest BCUT2D eigenvalue weighted by atomic mass is 35.5. The van der Waals surface area contributed by atoms with E-state index >= 15 is 0 Å². The maximum absolute atomic E-state index is 12.1. The van der Waals surface area contributed by atoms with E-state index < -0.39 is 0 Å². The van der Waals surface area contributed by atoms with Crippen LogP contribution in [0, 0.1) is 6.92 Å². The van der Waals surface area contributed by atoms with Gasteiger partial charge in [-0.15, -0.1) is 0 Å². The Kier molecular flexibility index (Phi) is 6.29. The number of rotatable bonds is 7. The van der Waals surface area contributed by atoms with E-state index in [4.69, 9.17) is 16.3 Å². The number of ether oxygens (including phenoxy) is 1. The van der Waals surface area contributed by atoms with Crippen LogP contribution in [0.5, 0.6) is 5.75 Å². The highest BCUT2D eigenvalue weighted by Crippen LogP contribution is 2.24. The lowest BCUT2D eigenvalue weighted by atomic mass is 10.2. The first kappa shape index (κ1) is 17.2. The van der Waals surface area contributed by atoms with E-state index in [9.17, 15) is 4.79 Å². The Labute approximate surface area is 141 Å². The Morgan fingerprint density at radius 1 is 1.13 bits per heavy atom. The number of nitrogens with one attached hydrogen (secondary N) is 2. The zero-order valence-corrected chi connectivity index (χ0v) is 14.1. The summed E-state index contributed by atoms with van der Waals surface area (Å²) in [6.07, 6.45) is 0.354. The van der Waals surface area contributed by atoms with Gasteiger partial charge in [-0.1, -0.05) is 29.8 Å². The molecule has 0 atom stereocenters. The summed E-state index contributed by atoms with van der Waals surface area (Å²) < 4.78 is 5.50. The Balaban J connectivity index is 1.87. The highest BCUT2D eigenvalue weighted by Gasteiger charge is 2.08. The van der Waals surface area contributed by atoms with Crippen LogP contribution in [0.3, 0.4) is 0 Å². The molecule has 0 aliphatic rings. The van der Waals surface area contributed by atoms with Gasteiger partial charge >= 0.3 is 0 Å². The average Bonchev–Trinajstić information content (AvgIpc) is 2.53. The Morgan fingerprint density at radius 2 is 1.87 bits per heavy atom. The lowest BCUT2D eigenvalue weighted by molar-refractivity contribution is -0.116. The van der Waals surface area contributed by atoms with Crippen molar-refractivity contribution in [1.82, 2.24) is 0 Å². The third kappa shape index (κ3) is 4.89. The van der Waals surface area contributed by atoms with Crippen molar-refractivity contribution in [2.45, 2.75) is 20.3 Å². The molecule has 0 heterocycles. The van der Waals surface area contributed by atoms with Crippen molar-refractivity contribution in [2.75, 3.05) is 23.8 Å². The second kappa shape index (κ2) is 8.44. The van der Waals surface area contributed by atoms with Gasteiger partial charge in [0.1, 0.15) is 5.75 Å². The predicted octanol–water partition coefficient (Wildman–Crippen LogP) is 4.49. The maximum atomic E-state index is 12.1. The minimum Gasteiger partial charge on any atom is -0.492 e. The van der Waals surface area contributed by atoms with Crippen LogP contribution in [0.2, 0.25) is 5.02 Å². The number of hydrogen-bond acceptors (Lipinski definition) is 3. The van der Waals surface area contributed by atoms with Gasteiger partial charge in [-0.25, -0.2) is 0 Å². The molecule has 23 heavy (non-hydrogen) atoms. The molecule has 122 valence electrons. The van der Waals surface area contributed by atoms with Crippen molar-refractivity contribution in [3.8, 4) is 5.75 Å². The van der Waals surface area contributed by atoms with E-state index in [2.05, 4.69) is 10.6 Å². The fourth-order valence-corrected chi connectivity index (χ4v) is 2.35. The Bertz CT molecular complexity index is 674. The van der Waals surface area contributed by atoms with Crippen LogP contribution >= 0.6 is 11.6 Å². The Hall–Kier alpha value is -2.20. The number of halogens is 1. The van der Waals surface area contributed by atoms with Crippen molar-refractivity contribution < 1.29 is 9.53 Å². The number of anilines is 2. The van der Waals surface area contributed by atoms with Gasteiger partial charge in [0.15, 0.2) is 0 Å². The second-order valence-corrected chi connectivity index (χ2v) is 5.47. The molecule has 0 saturated heterocycles. The first-order chi connectivity index (χ1) is 11.1. The molecule has 1 amide bonds. The van der Waals surface area contributed by atoms with Gasteiger partial charge in [0.2, 0.25) is 5.91 Å². The van der Waals surface area contributed by atoms with Crippen LogP contribution < -0.4 is 15.4 Å². The molecule has 2 aromatic rings. The molecule has 0 fully saturated rings. The monoisotopic (exact) mass is 332 g/mol. The topological polar surface area (TPSA) is 50.4 Å². The molecular formula is C18H21ClN2O2. The second-order valence-electron chi connectivity index (χ2n) is 5.07. The van der Waals surface area contributed by atoms with Crippen LogP contribution in [0.25, 0.3) is 0 Å². The molecule has 0 bridgehead atoms. The number of amides is 1. The highest BCUT2D eigenvalue weighted by molar-refractivity contribution is 6.31.